The highest BCUT2D eigenvalue weighted by atomic mass is 19.1. The Bertz CT molecular complexity index is 372. The molecule has 1 N–H and O–H groups in total. The van der Waals surface area contributed by atoms with E-state index in [1.807, 2.05) is 13.8 Å². The average molecular weight is 196 g/mol. The largest absolute Gasteiger partial charge is 0.508 e. The summed E-state index contributed by atoms with van der Waals surface area (Å²) in [7, 11) is 0. The number of hydrogen-bond donors (Lipinski definition) is 1. The lowest BCUT2D eigenvalue weighted by Crippen LogP contribution is -2.33. The van der Waals surface area contributed by atoms with Gasteiger partial charge >= 0.3 is 0 Å². The molecule has 1 aliphatic heterocycles. The number of rotatable bonds is 0. The van der Waals surface area contributed by atoms with Gasteiger partial charge in [0.2, 0.25) is 0 Å². The molecule has 0 saturated carbocycles. The summed E-state index contributed by atoms with van der Waals surface area (Å²) in [6.07, 6.45) is 1.58. The van der Waals surface area contributed by atoms with Gasteiger partial charge in [-0.25, -0.2) is 4.39 Å². The van der Waals surface area contributed by atoms with Gasteiger partial charge in [-0.3, -0.25) is 0 Å². The smallest absolute Gasteiger partial charge is 0.169 e. The summed E-state index contributed by atoms with van der Waals surface area (Å²) in [6, 6.07) is 2.65. The maximum Gasteiger partial charge on any atom is 0.169 e. The molecule has 1 aliphatic rings. The molecule has 0 radical (unpaired) electrons. The zero-order valence-corrected chi connectivity index (χ0v) is 8.30. The van der Waals surface area contributed by atoms with E-state index in [1.165, 1.54) is 0 Å². The average Bonchev–Trinajstić information content (AvgIpc) is 2.06. The van der Waals surface area contributed by atoms with E-state index in [4.69, 9.17) is 4.74 Å². The van der Waals surface area contributed by atoms with Gasteiger partial charge in [0, 0.05) is 11.6 Å². The molecular formula is C11H13FO2. The summed E-state index contributed by atoms with van der Waals surface area (Å²) in [6.45, 7) is 3.87. The second-order valence-electron chi connectivity index (χ2n) is 4.28. The van der Waals surface area contributed by atoms with Crippen LogP contribution in [0.4, 0.5) is 4.39 Å². The Hall–Kier alpha value is -1.25. The quantitative estimate of drug-likeness (QED) is 0.691. The first kappa shape index (κ1) is 9.31. The molecular weight excluding hydrogens is 183 g/mol. The number of aromatic hydroxyl groups is 1. The number of benzene rings is 1. The monoisotopic (exact) mass is 196 g/mol. The van der Waals surface area contributed by atoms with Gasteiger partial charge in [0.1, 0.15) is 11.4 Å². The SMILES string of the molecule is CC1(C)CCc2cc(O)cc(F)c2O1. The normalized spacial score (nSPS) is 18.5. The molecule has 2 rings (SSSR count). The third kappa shape index (κ3) is 1.54. The fourth-order valence-electron chi connectivity index (χ4n) is 1.70. The molecule has 0 aliphatic carbocycles. The van der Waals surface area contributed by atoms with Crippen LogP contribution in [0.15, 0.2) is 12.1 Å². The Balaban J connectivity index is 2.47. The first-order valence-corrected chi connectivity index (χ1v) is 4.68. The van der Waals surface area contributed by atoms with Crippen molar-refractivity contribution in [3.8, 4) is 11.5 Å². The minimum atomic E-state index is -0.479. The molecule has 14 heavy (non-hydrogen) atoms. The van der Waals surface area contributed by atoms with Crippen LogP contribution in [0.3, 0.4) is 0 Å². The molecule has 0 aromatic heterocycles. The molecule has 0 atom stereocenters. The number of aryl methyl sites for hydroxylation is 1. The van der Waals surface area contributed by atoms with E-state index in [0.717, 1.165) is 24.5 Å². The van der Waals surface area contributed by atoms with E-state index < -0.39 is 5.82 Å². The molecule has 1 heterocycles. The third-order valence-corrected chi connectivity index (χ3v) is 2.48. The van der Waals surface area contributed by atoms with E-state index in [1.54, 1.807) is 6.07 Å². The van der Waals surface area contributed by atoms with Crippen molar-refractivity contribution >= 4 is 0 Å². The van der Waals surface area contributed by atoms with Crippen LogP contribution in [0.2, 0.25) is 0 Å². The Kier molecular flexibility index (Phi) is 1.91. The summed E-state index contributed by atoms with van der Waals surface area (Å²) in [4.78, 5) is 0. The molecule has 1 aromatic carbocycles. The lowest BCUT2D eigenvalue weighted by Gasteiger charge is -2.32. The molecule has 1 aromatic rings. The minimum Gasteiger partial charge on any atom is -0.508 e. The molecule has 2 nitrogen and oxygen atoms in total. The fourth-order valence-corrected chi connectivity index (χ4v) is 1.70. The van der Waals surface area contributed by atoms with Gasteiger partial charge < -0.3 is 9.84 Å². The minimum absolute atomic E-state index is 0.0374. The maximum absolute atomic E-state index is 13.4. The standard InChI is InChI=1S/C11H13FO2/c1-11(2)4-3-7-5-8(13)6-9(12)10(7)14-11/h5-6,13H,3-4H2,1-2H3. The highest BCUT2D eigenvalue weighted by Crippen LogP contribution is 2.37. The third-order valence-electron chi connectivity index (χ3n) is 2.48. The molecule has 0 fully saturated rings. The zero-order chi connectivity index (χ0) is 10.3. The van der Waals surface area contributed by atoms with Crippen molar-refractivity contribution in [2.75, 3.05) is 0 Å². The predicted octanol–water partition coefficient (Wildman–Crippen LogP) is 2.63. The summed E-state index contributed by atoms with van der Waals surface area (Å²) >= 11 is 0. The number of fused-ring (bicyclic) bond motifs is 1. The van der Waals surface area contributed by atoms with Crippen molar-refractivity contribution < 1.29 is 14.2 Å². The molecule has 0 bridgehead atoms. The van der Waals surface area contributed by atoms with Gasteiger partial charge in [0.05, 0.1) is 0 Å². The number of hydrogen-bond acceptors (Lipinski definition) is 2. The highest BCUT2D eigenvalue weighted by Gasteiger charge is 2.28. The Labute approximate surface area is 82.3 Å². The van der Waals surface area contributed by atoms with E-state index in [-0.39, 0.29) is 11.4 Å². The molecule has 0 spiro atoms. The van der Waals surface area contributed by atoms with Crippen LogP contribution in [-0.4, -0.2) is 10.7 Å². The van der Waals surface area contributed by atoms with Crippen LogP contribution < -0.4 is 4.74 Å². The van der Waals surface area contributed by atoms with Crippen molar-refractivity contribution in [1.82, 2.24) is 0 Å². The first-order chi connectivity index (χ1) is 6.48. The molecule has 0 amide bonds. The topological polar surface area (TPSA) is 29.5 Å². The highest BCUT2D eigenvalue weighted by molar-refractivity contribution is 5.42. The van der Waals surface area contributed by atoms with Gasteiger partial charge in [-0.05, 0) is 32.8 Å². The van der Waals surface area contributed by atoms with Gasteiger partial charge in [-0.1, -0.05) is 0 Å². The molecule has 0 saturated heterocycles. The van der Waals surface area contributed by atoms with Gasteiger partial charge in [-0.2, -0.15) is 0 Å². The molecule has 76 valence electrons. The van der Waals surface area contributed by atoms with Crippen LogP contribution in [0.25, 0.3) is 0 Å². The van der Waals surface area contributed by atoms with Crippen molar-refractivity contribution in [3.63, 3.8) is 0 Å². The Morgan fingerprint density at radius 3 is 2.86 bits per heavy atom. The Morgan fingerprint density at radius 2 is 2.14 bits per heavy atom. The van der Waals surface area contributed by atoms with Crippen LogP contribution in [-0.2, 0) is 6.42 Å². The Morgan fingerprint density at radius 1 is 1.43 bits per heavy atom. The number of phenols is 1. The number of phenolic OH excluding ortho intramolecular Hbond substituents is 1. The van der Waals surface area contributed by atoms with E-state index >= 15 is 0 Å². The van der Waals surface area contributed by atoms with Crippen LogP contribution in [0.1, 0.15) is 25.8 Å². The van der Waals surface area contributed by atoms with Crippen molar-refractivity contribution in [2.24, 2.45) is 0 Å². The molecule has 3 heteroatoms. The zero-order valence-electron chi connectivity index (χ0n) is 8.30. The van der Waals surface area contributed by atoms with Gasteiger partial charge in [-0.15, -0.1) is 0 Å². The van der Waals surface area contributed by atoms with E-state index in [2.05, 4.69) is 0 Å². The lowest BCUT2D eigenvalue weighted by atomic mass is 9.94. The number of ether oxygens (including phenoxy) is 1. The van der Waals surface area contributed by atoms with Gasteiger partial charge in [0.15, 0.2) is 11.6 Å². The van der Waals surface area contributed by atoms with Crippen molar-refractivity contribution in [1.29, 1.82) is 0 Å². The van der Waals surface area contributed by atoms with Crippen molar-refractivity contribution in [2.45, 2.75) is 32.3 Å². The van der Waals surface area contributed by atoms with Crippen LogP contribution in [0.5, 0.6) is 11.5 Å². The first-order valence-electron chi connectivity index (χ1n) is 4.68. The van der Waals surface area contributed by atoms with E-state index in [9.17, 15) is 9.50 Å². The summed E-state index contributed by atoms with van der Waals surface area (Å²) < 4.78 is 18.9. The van der Waals surface area contributed by atoms with Crippen LogP contribution >= 0.6 is 0 Å². The van der Waals surface area contributed by atoms with Crippen LogP contribution in [0, 0.1) is 5.82 Å². The summed E-state index contributed by atoms with van der Waals surface area (Å²) in [5, 5.41) is 9.20. The second-order valence-corrected chi connectivity index (χ2v) is 4.28. The molecule has 0 unspecified atom stereocenters. The lowest BCUT2D eigenvalue weighted by molar-refractivity contribution is 0.0787. The predicted molar refractivity (Wildman–Crippen MR) is 51.1 cm³/mol. The maximum atomic E-state index is 13.4. The van der Waals surface area contributed by atoms with Crippen molar-refractivity contribution in [3.05, 3.63) is 23.5 Å². The fraction of sp³-hybridized carbons (Fsp3) is 0.455. The number of halogens is 1. The van der Waals surface area contributed by atoms with E-state index in [0.29, 0.717) is 5.75 Å². The second kappa shape index (κ2) is 2.87. The summed E-state index contributed by atoms with van der Waals surface area (Å²) in [5.74, 6) is -0.226. The summed E-state index contributed by atoms with van der Waals surface area (Å²) in [5.41, 5.74) is 0.437. The van der Waals surface area contributed by atoms with Gasteiger partial charge in [0.25, 0.3) is 0 Å².